The number of amides is 1. The van der Waals surface area contributed by atoms with E-state index in [0.29, 0.717) is 61.2 Å². The first-order valence-corrected chi connectivity index (χ1v) is 10.8. The van der Waals surface area contributed by atoms with Gasteiger partial charge >= 0.3 is 6.09 Å². The molecule has 0 radical (unpaired) electrons. The van der Waals surface area contributed by atoms with E-state index in [1.165, 1.54) is 0 Å². The van der Waals surface area contributed by atoms with Gasteiger partial charge in [-0.15, -0.1) is 0 Å². The number of hydrogen-bond acceptors (Lipinski definition) is 3. The van der Waals surface area contributed by atoms with Gasteiger partial charge in [0.2, 0.25) is 0 Å². The van der Waals surface area contributed by atoms with Crippen molar-refractivity contribution in [3.63, 3.8) is 0 Å². The van der Waals surface area contributed by atoms with Crippen molar-refractivity contribution in [3.8, 4) is 17.1 Å². The third-order valence-electron chi connectivity index (χ3n) is 4.54. The zero-order valence-corrected chi connectivity index (χ0v) is 18.9. The number of nitrogens with zero attached hydrogens (tertiary/aromatic N) is 1. The van der Waals surface area contributed by atoms with E-state index in [9.17, 15) is 4.79 Å². The number of aromatic nitrogens is 2. The minimum Gasteiger partial charge on any atom is -0.410 e. The Kier molecular flexibility index (Phi) is 6.58. The number of imidazole rings is 1. The average molecular weight is 495 g/mol. The van der Waals surface area contributed by atoms with Crippen LogP contribution < -0.4 is 10.1 Å². The van der Waals surface area contributed by atoms with Crippen molar-refractivity contribution >= 4 is 63.5 Å². The van der Waals surface area contributed by atoms with Crippen molar-refractivity contribution in [2.24, 2.45) is 0 Å². The Hall–Kier alpha value is -2.44. The first-order chi connectivity index (χ1) is 14.9. The number of aromatic amines is 1. The van der Waals surface area contributed by atoms with E-state index < -0.39 is 6.09 Å². The molecule has 0 bridgehead atoms. The van der Waals surface area contributed by atoms with E-state index >= 15 is 0 Å². The Bertz CT molecular complexity index is 1250. The number of halogens is 4. The molecule has 0 aliphatic heterocycles. The smallest absolute Gasteiger partial charge is 0.410 e. The molecule has 0 saturated heterocycles. The maximum absolute atomic E-state index is 12.1. The number of rotatable bonds is 5. The summed E-state index contributed by atoms with van der Waals surface area (Å²) in [5.41, 5.74) is 2.87. The fraction of sp³-hybridized carbons (Fsp3) is 0.0909. The van der Waals surface area contributed by atoms with Crippen LogP contribution in [0.15, 0.2) is 54.6 Å². The maximum Gasteiger partial charge on any atom is 0.412 e. The highest BCUT2D eigenvalue weighted by Crippen LogP contribution is 2.34. The van der Waals surface area contributed by atoms with Crippen molar-refractivity contribution in [1.82, 2.24) is 15.3 Å². The molecule has 0 aliphatic rings. The van der Waals surface area contributed by atoms with E-state index in [4.69, 9.17) is 51.1 Å². The average Bonchev–Trinajstić information content (AvgIpc) is 3.12. The minimum atomic E-state index is -0.571. The van der Waals surface area contributed by atoms with Gasteiger partial charge in [0.05, 0.1) is 26.6 Å². The van der Waals surface area contributed by atoms with Crippen molar-refractivity contribution < 1.29 is 9.53 Å². The highest BCUT2D eigenvalue weighted by molar-refractivity contribution is 6.39. The summed E-state index contributed by atoms with van der Waals surface area (Å²) in [6.07, 6.45) is -0.0227. The van der Waals surface area contributed by atoms with E-state index in [2.05, 4.69) is 15.3 Å². The van der Waals surface area contributed by atoms with Crippen molar-refractivity contribution in [3.05, 3.63) is 80.3 Å². The Labute approximate surface area is 198 Å². The number of carbonyl (C=O) groups excluding carboxylic acids is 1. The topological polar surface area (TPSA) is 67.0 Å². The van der Waals surface area contributed by atoms with Gasteiger partial charge in [0.1, 0.15) is 11.6 Å². The highest BCUT2D eigenvalue weighted by Gasteiger charge is 2.14. The van der Waals surface area contributed by atoms with Crippen LogP contribution in [0.2, 0.25) is 20.1 Å². The summed E-state index contributed by atoms with van der Waals surface area (Å²) in [5, 5.41) is 4.80. The lowest BCUT2D eigenvalue weighted by Gasteiger charge is -2.08. The van der Waals surface area contributed by atoms with Crippen LogP contribution in [0.1, 0.15) is 5.56 Å². The SMILES string of the molecule is O=C(NCCc1ccc(Cl)cc1Cl)Oc1ccc2nc(-c3c(Cl)cccc3Cl)[nH]c2c1. The summed E-state index contributed by atoms with van der Waals surface area (Å²) in [7, 11) is 0. The van der Waals surface area contributed by atoms with Gasteiger partial charge in [-0.3, -0.25) is 0 Å². The minimum absolute atomic E-state index is 0.363. The summed E-state index contributed by atoms with van der Waals surface area (Å²) in [4.78, 5) is 19.8. The van der Waals surface area contributed by atoms with Crippen molar-refractivity contribution in [2.45, 2.75) is 6.42 Å². The summed E-state index contributed by atoms with van der Waals surface area (Å²) >= 11 is 24.6. The zero-order valence-electron chi connectivity index (χ0n) is 15.9. The van der Waals surface area contributed by atoms with Crippen molar-refractivity contribution in [1.29, 1.82) is 0 Å². The van der Waals surface area contributed by atoms with Crippen LogP contribution >= 0.6 is 46.4 Å². The molecule has 9 heteroatoms. The Balaban J connectivity index is 1.42. The molecular weight excluding hydrogens is 480 g/mol. The number of H-pyrrole nitrogens is 1. The van der Waals surface area contributed by atoms with Crippen LogP contribution in [0, 0.1) is 0 Å². The molecule has 0 saturated carbocycles. The number of benzene rings is 3. The monoisotopic (exact) mass is 493 g/mol. The third kappa shape index (κ3) is 5.08. The molecule has 4 rings (SSSR count). The van der Waals surface area contributed by atoms with Gasteiger partial charge in [-0.2, -0.15) is 0 Å². The van der Waals surface area contributed by atoms with Crippen LogP contribution in [0.5, 0.6) is 5.75 Å². The predicted molar refractivity (Wildman–Crippen MR) is 126 cm³/mol. The first kappa shape index (κ1) is 21.8. The summed E-state index contributed by atoms with van der Waals surface area (Å²) in [6, 6.07) is 15.6. The molecule has 2 N–H and O–H groups in total. The molecule has 3 aromatic carbocycles. The molecule has 1 heterocycles. The van der Waals surface area contributed by atoms with Crippen LogP contribution in [0.25, 0.3) is 22.4 Å². The zero-order chi connectivity index (χ0) is 22.0. The number of carbonyl (C=O) groups is 1. The van der Waals surface area contributed by atoms with Gasteiger partial charge in [-0.25, -0.2) is 9.78 Å². The van der Waals surface area contributed by atoms with Crippen LogP contribution in [-0.2, 0) is 6.42 Å². The van der Waals surface area contributed by atoms with Gasteiger partial charge in [-0.05, 0) is 48.4 Å². The van der Waals surface area contributed by atoms with Gasteiger partial charge in [0.25, 0.3) is 0 Å². The molecule has 0 unspecified atom stereocenters. The number of fused-ring (bicyclic) bond motifs is 1. The van der Waals surface area contributed by atoms with E-state index in [1.54, 1.807) is 48.5 Å². The molecule has 4 aromatic rings. The van der Waals surface area contributed by atoms with Crippen LogP contribution in [0.3, 0.4) is 0 Å². The molecule has 0 fully saturated rings. The summed E-state index contributed by atoms with van der Waals surface area (Å²) in [5.74, 6) is 0.905. The molecule has 0 atom stereocenters. The Morgan fingerprint density at radius 2 is 1.74 bits per heavy atom. The Morgan fingerprint density at radius 3 is 2.48 bits per heavy atom. The summed E-state index contributed by atoms with van der Waals surface area (Å²) in [6.45, 7) is 0.363. The molecule has 5 nitrogen and oxygen atoms in total. The highest BCUT2D eigenvalue weighted by atomic mass is 35.5. The molecular formula is C22H15Cl4N3O2. The number of nitrogens with one attached hydrogen (secondary N) is 2. The van der Waals surface area contributed by atoms with Crippen LogP contribution in [0.4, 0.5) is 4.79 Å². The second-order valence-electron chi connectivity index (χ2n) is 6.66. The second kappa shape index (κ2) is 9.37. The Morgan fingerprint density at radius 1 is 0.968 bits per heavy atom. The first-order valence-electron chi connectivity index (χ1n) is 9.24. The molecule has 0 spiro atoms. The lowest BCUT2D eigenvalue weighted by Crippen LogP contribution is -2.28. The molecule has 31 heavy (non-hydrogen) atoms. The molecule has 1 amide bonds. The van der Waals surface area contributed by atoms with Gasteiger partial charge in [0.15, 0.2) is 0 Å². The molecule has 0 aliphatic carbocycles. The largest absolute Gasteiger partial charge is 0.412 e. The van der Waals surface area contributed by atoms with Crippen LogP contribution in [-0.4, -0.2) is 22.6 Å². The van der Waals surface area contributed by atoms with E-state index in [0.717, 1.165) is 5.56 Å². The van der Waals surface area contributed by atoms with Crippen molar-refractivity contribution in [2.75, 3.05) is 6.54 Å². The number of hydrogen-bond donors (Lipinski definition) is 2. The quantitative estimate of drug-likeness (QED) is 0.309. The second-order valence-corrected chi connectivity index (χ2v) is 8.32. The lowest BCUT2D eigenvalue weighted by atomic mass is 10.1. The standard InChI is InChI=1S/C22H15Cl4N3O2/c23-13-5-4-12(17(26)10-13)8-9-27-22(30)31-14-6-7-18-19(11-14)29-21(28-18)20-15(24)2-1-3-16(20)25/h1-7,10-11H,8-9H2,(H,27,30)(H,28,29). The molecule has 158 valence electrons. The summed E-state index contributed by atoms with van der Waals surface area (Å²) < 4.78 is 5.37. The number of ether oxygens (including phenoxy) is 1. The van der Waals surface area contributed by atoms with Gasteiger partial charge in [-0.1, -0.05) is 58.5 Å². The van der Waals surface area contributed by atoms with E-state index in [-0.39, 0.29) is 0 Å². The fourth-order valence-electron chi connectivity index (χ4n) is 3.06. The predicted octanol–water partition coefficient (Wildman–Crippen LogP) is 7.17. The van der Waals surface area contributed by atoms with Gasteiger partial charge in [0, 0.05) is 22.7 Å². The van der Waals surface area contributed by atoms with E-state index in [1.807, 2.05) is 6.07 Å². The fourth-order valence-corrected chi connectivity index (χ4v) is 4.14. The van der Waals surface area contributed by atoms with Gasteiger partial charge < -0.3 is 15.0 Å². The molecule has 1 aromatic heterocycles. The maximum atomic E-state index is 12.1. The normalized spacial score (nSPS) is 11.0. The third-order valence-corrected chi connectivity index (χ3v) is 5.76. The lowest BCUT2D eigenvalue weighted by molar-refractivity contribution is 0.200.